The quantitative estimate of drug-likeness (QED) is 0.486. The summed E-state index contributed by atoms with van der Waals surface area (Å²) in [7, 11) is 0. The fraction of sp³-hybridized carbons (Fsp3) is 0.0870. The van der Waals surface area contributed by atoms with Crippen LogP contribution in [0.15, 0.2) is 85.2 Å². The number of tetrazole rings is 1. The number of rotatable bonds is 6. The minimum atomic E-state index is -1.10. The standard InChI is InChI=1S/C23H19N5O3/c1-16-7-11-19(12-8-16)25-22(29)21(17-5-3-2-4-6-17)31-23(30)18-9-13-20(14-10-18)28-15-24-26-27-28/h2-15,21H,1H3,(H,25,29)/t21-/m1/s1. The molecule has 0 aliphatic heterocycles. The Kier molecular flexibility index (Phi) is 5.79. The maximum atomic E-state index is 13.0. The highest BCUT2D eigenvalue weighted by Gasteiger charge is 2.26. The van der Waals surface area contributed by atoms with E-state index in [0.29, 0.717) is 22.5 Å². The number of amides is 1. The van der Waals surface area contributed by atoms with Gasteiger partial charge in [0, 0.05) is 11.3 Å². The van der Waals surface area contributed by atoms with Gasteiger partial charge in [-0.3, -0.25) is 4.79 Å². The molecule has 4 aromatic rings. The van der Waals surface area contributed by atoms with Gasteiger partial charge < -0.3 is 10.1 Å². The van der Waals surface area contributed by atoms with Crippen molar-refractivity contribution in [3.05, 3.63) is 102 Å². The van der Waals surface area contributed by atoms with Crippen LogP contribution in [0.5, 0.6) is 0 Å². The van der Waals surface area contributed by atoms with Gasteiger partial charge in [-0.15, -0.1) is 5.10 Å². The third kappa shape index (κ3) is 4.81. The van der Waals surface area contributed by atoms with Gasteiger partial charge in [0.05, 0.1) is 11.3 Å². The Labute approximate surface area is 178 Å². The molecular weight excluding hydrogens is 394 g/mol. The Bertz CT molecular complexity index is 1160. The lowest BCUT2D eigenvalue weighted by Gasteiger charge is -2.18. The largest absolute Gasteiger partial charge is 0.444 e. The van der Waals surface area contributed by atoms with Crippen LogP contribution in [0.1, 0.15) is 27.6 Å². The Morgan fingerprint density at radius 1 is 0.935 bits per heavy atom. The lowest BCUT2D eigenvalue weighted by atomic mass is 10.1. The van der Waals surface area contributed by atoms with Crippen LogP contribution in [0.4, 0.5) is 5.69 Å². The van der Waals surface area contributed by atoms with Gasteiger partial charge in [0.1, 0.15) is 6.33 Å². The molecule has 0 bridgehead atoms. The molecule has 31 heavy (non-hydrogen) atoms. The molecule has 1 aromatic heterocycles. The van der Waals surface area contributed by atoms with Crippen LogP contribution in [0.3, 0.4) is 0 Å². The lowest BCUT2D eigenvalue weighted by Crippen LogP contribution is -2.26. The molecule has 0 fully saturated rings. The topological polar surface area (TPSA) is 99.0 Å². The first kappa shape index (κ1) is 20.0. The first-order valence-electron chi connectivity index (χ1n) is 9.57. The maximum absolute atomic E-state index is 13.0. The van der Waals surface area contributed by atoms with Gasteiger partial charge in [0.2, 0.25) is 6.10 Å². The first-order valence-corrected chi connectivity index (χ1v) is 9.57. The van der Waals surface area contributed by atoms with Crippen LogP contribution >= 0.6 is 0 Å². The number of esters is 1. The summed E-state index contributed by atoms with van der Waals surface area (Å²) in [6, 6.07) is 22.9. The fourth-order valence-electron chi connectivity index (χ4n) is 2.95. The summed E-state index contributed by atoms with van der Waals surface area (Å²) in [6.07, 6.45) is 0.350. The maximum Gasteiger partial charge on any atom is 0.339 e. The molecule has 1 N–H and O–H groups in total. The number of aromatic nitrogens is 4. The number of nitrogens with one attached hydrogen (secondary N) is 1. The molecule has 0 spiro atoms. The molecule has 3 aromatic carbocycles. The Balaban J connectivity index is 1.53. The highest BCUT2D eigenvalue weighted by Crippen LogP contribution is 2.22. The molecule has 0 saturated carbocycles. The molecule has 0 radical (unpaired) electrons. The first-order chi connectivity index (χ1) is 15.1. The number of benzene rings is 3. The number of carbonyl (C=O) groups excluding carboxylic acids is 2. The number of hydrogen-bond acceptors (Lipinski definition) is 6. The van der Waals surface area contributed by atoms with E-state index in [4.69, 9.17) is 4.74 Å². The van der Waals surface area contributed by atoms with Gasteiger partial charge in [0.15, 0.2) is 0 Å². The van der Waals surface area contributed by atoms with E-state index in [2.05, 4.69) is 20.8 Å². The summed E-state index contributed by atoms with van der Waals surface area (Å²) in [6.45, 7) is 1.96. The van der Waals surface area contributed by atoms with Crippen LogP contribution in [-0.4, -0.2) is 32.1 Å². The van der Waals surface area contributed by atoms with Crippen molar-refractivity contribution < 1.29 is 14.3 Å². The van der Waals surface area contributed by atoms with Gasteiger partial charge in [-0.25, -0.2) is 9.48 Å². The van der Waals surface area contributed by atoms with E-state index >= 15 is 0 Å². The molecule has 0 aliphatic carbocycles. The van der Waals surface area contributed by atoms with Crippen molar-refractivity contribution in [3.8, 4) is 5.69 Å². The van der Waals surface area contributed by atoms with Gasteiger partial charge in [-0.1, -0.05) is 48.0 Å². The van der Waals surface area contributed by atoms with Crippen LogP contribution in [0.25, 0.3) is 5.69 Å². The molecule has 1 amide bonds. The molecular formula is C23H19N5O3. The third-order valence-corrected chi connectivity index (χ3v) is 4.60. The minimum Gasteiger partial charge on any atom is -0.444 e. The Morgan fingerprint density at radius 2 is 1.65 bits per heavy atom. The summed E-state index contributed by atoms with van der Waals surface area (Å²) in [5.74, 6) is -1.05. The monoisotopic (exact) mass is 413 g/mol. The van der Waals surface area contributed by atoms with Crippen LogP contribution < -0.4 is 5.32 Å². The third-order valence-electron chi connectivity index (χ3n) is 4.60. The predicted octanol–water partition coefficient (Wildman–Crippen LogP) is 3.51. The van der Waals surface area contributed by atoms with E-state index in [9.17, 15) is 9.59 Å². The Morgan fingerprint density at radius 3 is 2.29 bits per heavy atom. The van der Waals surface area contributed by atoms with Gasteiger partial charge in [-0.05, 0) is 53.7 Å². The van der Waals surface area contributed by atoms with Gasteiger partial charge in [-0.2, -0.15) is 0 Å². The normalized spacial score (nSPS) is 11.5. The Hall–Kier alpha value is -4.33. The summed E-state index contributed by atoms with van der Waals surface area (Å²) in [5, 5.41) is 13.8. The number of hydrogen-bond donors (Lipinski definition) is 1. The van der Waals surface area contributed by atoms with Gasteiger partial charge in [0.25, 0.3) is 5.91 Å². The fourth-order valence-corrected chi connectivity index (χ4v) is 2.95. The highest BCUT2D eigenvalue weighted by molar-refractivity contribution is 5.98. The SMILES string of the molecule is Cc1ccc(NC(=O)[C@H](OC(=O)c2ccc(-n3cnnn3)cc2)c2ccccc2)cc1. The van der Waals surface area contributed by atoms with Crippen LogP contribution in [-0.2, 0) is 9.53 Å². The van der Waals surface area contributed by atoms with Crippen molar-refractivity contribution in [2.75, 3.05) is 5.32 Å². The molecule has 154 valence electrons. The second-order valence-corrected chi connectivity index (χ2v) is 6.85. The molecule has 8 nitrogen and oxygen atoms in total. The summed E-state index contributed by atoms with van der Waals surface area (Å²) >= 11 is 0. The van der Waals surface area contributed by atoms with E-state index in [1.165, 1.54) is 11.0 Å². The van der Waals surface area contributed by atoms with E-state index < -0.39 is 18.0 Å². The summed E-state index contributed by atoms with van der Waals surface area (Å²) in [4.78, 5) is 25.7. The number of anilines is 1. The molecule has 1 heterocycles. The van der Waals surface area contributed by atoms with Gasteiger partial charge >= 0.3 is 5.97 Å². The molecule has 0 saturated heterocycles. The van der Waals surface area contributed by atoms with Crippen LogP contribution in [0, 0.1) is 6.92 Å². The van der Waals surface area contributed by atoms with E-state index in [0.717, 1.165) is 5.56 Å². The smallest absolute Gasteiger partial charge is 0.339 e. The molecule has 0 unspecified atom stereocenters. The molecule has 4 rings (SSSR count). The highest BCUT2D eigenvalue weighted by atomic mass is 16.5. The number of carbonyl (C=O) groups is 2. The van der Waals surface area contributed by atoms with E-state index in [1.807, 2.05) is 25.1 Å². The zero-order valence-corrected chi connectivity index (χ0v) is 16.7. The predicted molar refractivity (Wildman–Crippen MR) is 114 cm³/mol. The summed E-state index contributed by atoms with van der Waals surface area (Å²) in [5.41, 5.74) is 3.28. The molecule has 1 atom stereocenters. The van der Waals surface area contributed by atoms with Crippen LogP contribution in [0.2, 0.25) is 0 Å². The second-order valence-electron chi connectivity index (χ2n) is 6.85. The van der Waals surface area contributed by atoms with E-state index in [-0.39, 0.29) is 0 Å². The molecule has 8 heteroatoms. The van der Waals surface area contributed by atoms with Crippen molar-refractivity contribution >= 4 is 17.6 Å². The van der Waals surface area contributed by atoms with Crippen molar-refractivity contribution in [1.29, 1.82) is 0 Å². The average Bonchev–Trinajstić information content (AvgIpc) is 3.34. The minimum absolute atomic E-state index is 0.306. The number of aryl methyl sites for hydroxylation is 1. The summed E-state index contributed by atoms with van der Waals surface area (Å²) < 4.78 is 7.08. The zero-order chi connectivity index (χ0) is 21.6. The second kappa shape index (κ2) is 9.00. The zero-order valence-electron chi connectivity index (χ0n) is 16.7. The van der Waals surface area contributed by atoms with Crippen molar-refractivity contribution in [3.63, 3.8) is 0 Å². The average molecular weight is 413 g/mol. The van der Waals surface area contributed by atoms with E-state index in [1.54, 1.807) is 60.7 Å². The molecule has 0 aliphatic rings. The van der Waals surface area contributed by atoms with Crippen molar-refractivity contribution in [2.24, 2.45) is 0 Å². The number of nitrogens with zero attached hydrogens (tertiary/aromatic N) is 4. The lowest BCUT2D eigenvalue weighted by molar-refractivity contribution is -0.125. The number of ether oxygens (including phenoxy) is 1. The van der Waals surface area contributed by atoms with Crippen molar-refractivity contribution in [1.82, 2.24) is 20.2 Å². The van der Waals surface area contributed by atoms with Crippen molar-refractivity contribution in [2.45, 2.75) is 13.0 Å².